The highest BCUT2D eigenvalue weighted by molar-refractivity contribution is 6.31. The van der Waals surface area contributed by atoms with Gasteiger partial charge in [-0.15, -0.1) is 0 Å². The van der Waals surface area contributed by atoms with Gasteiger partial charge in [-0.05, 0) is 68.7 Å². The Hall–Kier alpha value is -2.09. The van der Waals surface area contributed by atoms with Crippen molar-refractivity contribution >= 4 is 29.1 Å². The molecule has 33 heavy (non-hydrogen) atoms. The molecule has 0 spiro atoms. The molecule has 2 aromatic carbocycles. The Labute approximate surface area is 202 Å². The van der Waals surface area contributed by atoms with Gasteiger partial charge in [0.2, 0.25) is 0 Å². The summed E-state index contributed by atoms with van der Waals surface area (Å²) >= 11 is 11.3. The maximum atomic E-state index is 13.4. The van der Waals surface area contributed by atoms with Gasteiger partial charge >= 0.3 is 0 Å². The Bertz CT molecular complexity index is 939. The van der Waals surface area contributed by atoms with Gasteiger partial charge in [-0.25, -0.2) is 8.78 Å². The zero-order valence-electron chi connectivity index (χ0n) is 18.0. The molecular formula is C24H27Cl2F2NO4. The molecular weight excluding hydrogens is 475 g/mol. The zero-order chi connectivity index (χ0) is 23.8. The van der Waals surface area contributed by atoms with E-state index in [0.29, 0.717) is 18.1 Å². The van der Waals surface area contributed by atoms with Crippen LogP contribution in [-0.2, 0) is 4.79 Å². The highest BCUT2D eigenvalue weighted by Gasteiger charge is 2.23. The molecule has 1 saturated carbocycles. The van der Waals surface area contributed by atoms with Gasteiger partial charge in [-0.2, -0.15) is 0 Å². The smallest absolute Gasteiger partial charge is 0.258 e. The summed E-state index contributed by atoms with van der Waals surface area (Å²) in [5.41, 5.74) is 0. The Kier molecular flexibility index (Phi) is 9.59. The third kappa shape index (κ3) is 8.32. The number of halogens is 4. The summed E-state index contributed by atoms with van der Waals surface area (Å²) in [5.74, 6) is -0.354. The largest absolute Gasteiger partial charge is 0.491 e. The number of amides is 1. The molecule has 0 aliphatic heterocycles. The first kappa shape index (κ1) is 25.5. The van der Waals surface area contributed by atoms with Crippen molar-refractivity contribution in [3.8, 4) is 11.5 Å². The van der Waals surface area contributed by atoms with Gasteiger partial charge in [-0.3, -0.25) is 4.79 Å². The molecule has 0 radical (unpaired) electrons. The fourth-order valence-electron chi connectivity index (χ4n) is 3.85. The van der Waals surface area contributed by atoms with Crippen LogP contribution in [0.2, 0.25) is 10.0 Å². The van der Waals surface area contributed by atoms with Gasteiger partial charge in [0, 0.05) is 18.2 Å². The Morgan fingerprint density at radius 2 is 1.58 bits per heavy atom. The molecule has 0 bridgehead atoms. The number of ether oxygens (including phenoxy) is 2. The van der Waals surface area contributed by atoms with E-state index < -0.39 is 17.7 Å². The number of hydrogen-bond donors (Lipinski definition) is 2. The van der Waals surface area contributed by atoms with Gasteiger partial charge < -0.3 is 19.9 Å². The van der Waals surface area contributed by atoms with Crippen molar-refractivity contribution in [2.24, 2.45) is 5.92 Å². The Morgan fingerprint density at radius 3 is 2.15 bits per heavy atom. The van der Waals surface area contributed by atoms with E-state index in [1.165, 1.54) is 24.3 Å². The van der Waals surface area contributed by atoms with E-state index in [-0.39, 0.29) is 41.0 Å². The maximum Gasteiger partial charge on any atom is 0.258 e. The maximum absolute atomic E-state index is 13.4. The minimum atomic E-state index is -0.643. The molecule has 1 amide bonds. The van der Waals surface area contributed by atoms with Crippen LogP contribution in [0.4, 0.5) is 8.78 Å². The minimum absolute atomic E-state index is 0.000511. The van der Waals surface area contributed by atoms with Crippen LogP contribution in [0.5, 0.6) is 11.5 Å². The summed E-state index contributed by atoms with van der Waals surface area (Å²) in [4.78, 5) is 12.1. The number of aliphatic hydroxyl groups excluding tert-OH is 1. The number of nitrogens with one attached hydrogen (secondary N) is 1. The lowest BCUT2D eigenvalue weighted by molar-refractivity contribution is -0.124. The molecule has 1 aliphatic carbocycles. The van der Waals surface area contributed by atoms with Crippen molar-refractivity contribution < 1.29 is 28.2 Å². The second kappa shape index (κ2) is 12.4. The molecule has 1 atom stereocenters. The molecule has 1 fully saturated rings. The summed E-state index contributed by atoms with van der Waals surface area (Å²) in [5, 5.41) is 13.2. The normalized spacial score (nSPS) is 19.1. The van der Waals surface area contributed by atoms with Crippen molar-refractivity contribution in [3.05, 3.63) is 58.1 Å². The fourth-order valence-corrected chi connectivity index (χ4v) is 4.09. The van der Waals surface area contributed by atoms with Crippen molar-refractivity contribution in [2.45, 2.75) is 50.7 Å². The van der Waals surface area contributed by atoms with Crippen LogP contribution in [0.3, 0.4) is 0 Å². The molecule has 2 aromatic rings. The van der Waals surface area contributed by atoms with E-state index in [1.54, 1.807) is 6.07 Å². The lowest BCUT2D eigenvalue weighted by Gasteiger charge is -2.29. The summed E-state index contributed by atoms with van der Waals surface area (Å²) < 4.78 is 37.6. The number of rotatable bonds is 10. The fraction of sp³-hybridized carbons (Fsp3) is 0.458. The highest BCUT2D eigenvalue weighted by Crippen LogP contribution is 2.29. The average molecular weight is 502 g/mol. The number of hydrogen-bond acceptors (Lipinski definition) is 4. The average Bonchev–Trinajstić information content (AvgIpc) is 2.80. The van der Waals surface area contributed by atoms with Gasteiger partial charge in [0.25, 0.3) is 5.91 Å². The topological polar surface area (TPSA) is 67.8 Å². The molecule has 2 N–H and O–H groups in total. The zero-order valence-corrected chi connectivity index (χ0v) is 19.5. The van der Waals surface area contributed by atoms with E-state index >= 15 is 0 Å². The second-order valence-corrected chi connectivity index (χ2v) is 9.08. The SMILES string of the molecule is O=C(COc1ccc(Cl)c(F)c1)NC1CCC(CC[C@H](O)COc2ccc(Cl)c(F)c2)CC1. The van der Waals surface area contributed by atoms with Crippen molar-refractivity contribution in [2.75, 3.05) is 13.2 Å². The van der Waals surface area contributed by atoms with Crippen LogP contribution in [-0.4, -0.2) is 36.4 Å². The number of carbonyl (C=O) groups excluding carboxylic acids is 1. The predicted octanol–water partition coefficient (Wildman–Crippen LogP) is 5.55. The quantitative estimate of drug-likeness (QED) is 0.448. The Balaban J connectivity index is 1.29. The number of benzene rings is 2. The van der Waals surface area contributed by atoms with Crippen molar-refractivity contribution in [3.63, 3.8) is 0 Å². The lowest BCUT2D eigenvalue weighted by Crippen LogP contribution is -2.40. The van der Waals surface area contributed by atoms with Gasteiger partial charge in [0.1, 0.15) is 29.7 Å². The molecule has 3 rings (SSSR count). The summed E-state index contributed by atoms with van der Waals surface area (Å²) in [7, 11) is 0. The highest BCUT2D eigenvalue weighted by atomic mass is 35.5. The van der Waals surface area contributed by atoms with E-state index in [4.69, 9.17) is 32.7 Å². The first-order chi connectivity index (χ1) is 15.8. The molecule has 0 saturated heterocycles. The van der Waals surface area contributed by atoms with Crippen LogP contribution < -0.4 is 14.8 Å². The first-order valence-electron chi connectivity index (χ1n) is 10.9. The third-order valence-electron chi connectivity index (χ3n) is 5.71. The van der Waals surface area contributed by atoms with Gasteiger partial charge in [0.05, 0.1) is 16.1 Å². The molecule has 0 unspecified atom stereocenters. The number of aliphatic hydroxyl groups is 1. The molecule has 1 aliphatic rings. The molecule has 5 nitrogen and oxygen atoms in total. The standard InChI is InChI=1S/C24H27Cl2F2NO4/c25-20-9-7-18(11-22(20)27)32-13-17(30)6-3-15-1-4-16(5-2-15)29-24(31)14-33-19-8-10-21(26)23(28)12-19/h7-12,15-17,30H,1-6,13-14H2,(H,29,31)/t15?,16?,17-/m0/s1. The van der Waals surface area contributed by atoms with Crippen LogP contribution >= 0.6 is 23.2 Å². The van der Waals surface area contributed by atoms with Crippen LogP contribution in [0, 0.1) is 17.6 Å². The van der Waals surface area contributed by atoms with E-state index in [1.807, 2.05) is 0 Å². The van der Waals surface area contributed by atoms with Crippen molar-refractivity contribution in [1.29, 1.82) is 0 Å². The molecule has 9 heteroatoms. The van der Waals surface area contributed by atoms with Gasteiger partial charge in [0.15, 0.2) is 6.61 Å². The predicted molar refractivity (Wildman–Crippen MR) is 123 cm³/mol. The molecule has 180 valence electrons. The van der Waals surface area contributed by atoms with Crippen LogP contribution in [0.25, 0.3) is 0 Å². The van der Waals surface area contributed by atoms with E-state index in [9.17, 15) is 18.7 Å². The number of carbonyl (C=O) groups is 1. The van der Waals surface area contributed by atoms with Gasteiger partial charge in [-0.1, -0.05) is 23.2 Å². The summed E-state index contributed by atoms with van der Waals surface area (Å²) in [6.45, 7) is -0.102. The van der Waals surface area contributed by atoms with Crippen LogP contribution in [0.1, 0.15) is 38.5 Å². The monoisotopic (exact) mass is 501 g/mol. The molecule has 0 heterocycles. The summed E-state index contributed by atoms with van der Waals surface area (Å²) in [6.07, 6.45) is 4.39. The Morgan fingerprint density at radius 1 is 1.00 bits per heavy atom. The lowest BCUT2D eigenvalue weighted by atomic mass is 9.83. The van der Waals surface area contributed by atoms with E-state index in [0.717, 1.165) is 38.2 Å². The van der Waals surface area contributed by atoms with E-state index in [2.05, 4.69) is 5.32 Å². The minimum Gasteiger partial charge on any atom is -0.491 e. The third-order valence-corrected chi connectivity index (χ3v) is 6.33. The second-order valence-electron chi connectivity index (χ2n) is 8.27. The summed E-state index contributed by atoms with van der Waals surface area (Å²) in [6, 6.07) is 8.29. The first-order valence-corrected chi connectivity index (χ1v) is 11.7. The molecule has 0 aromatic heterocycles. The van der Waals surface area contributed by atoms with Crippen molar-refractivity contribution in [1.82, 2.24) is 5.32 Å². The van der Waals surface area contributed by atoms with Crippen LogP contribution in [0.15, 0.2) is 36.4 Å².